The lowest BCUT2D eigenvalue weighted by Gasteiger charge is -2.10. The van der Waals surface area contributed by atoms with E-state index in [0.717, 1.165) is 40.6 Å². The molecular formula is C14H17N3S. The van der Waals surface area contributed by atoms with Crippen LogP contribution in [0, 0.1) is 5.92 Å². The van der Waals surface area contributed by atoms with E-state index in [-0.39, 0.29) is 0 Å². The monoisotopic (exact) mass is 259 g/mol. The quantitative estimate of drug-likeness (QED) is 0.901. The molecule has 0 saturated heterocycles. The fraction of sp³-hybridized carbons (Fsp3) is 0.571. The van der Waals surface area contributed by atoms with Crippen molar-refractivity contribution in [3.05, 3.63) is 16.3 Å². The molecule has 94 valence electrons. The zero-order valence-electron chi connectivity index (χ0n) is 10.4. The molecule has 0 unspecified atom stereocenters. The number of aryl methyl sites for hydroxylation is 2. The van der Waals surface area contributed by atoms with Crippen molar-refractivity contribution in [3.63, 3.8) is 0 Å². The predicted molar refractivity (Wildman–Crippen MR) is 74.9 cm³/mol. The van der Waals surface area contributed by atoms with Gasteiger partial charge in [0.15, 0.2) is 0 Å². The lowest BCUT2D eigenvalue weighted by atomic mass is 9.97. The molecule has 2 N–H and O–H groups in total. The molecule has 2 aromatic heterocycles. The van der Waals surface area contributed by atoms with Gasteiger partial charge in [0.25, 0.3) is 0 Å². The van der Waals surface area contributed by atoms with Crippen LogP contribution >= 0.6 is 11.3 Å². The van der Waals surface area contributed by atoms with E-state index >= 15 is 0 Å². The van der Waals surface area contributed by atoms with Gasteiger partial charge in [-0.25, -0.2) is 9.97 Å². The molecule has 0 atom stereocenters. The van der Waals surface area contributed by atoms with E-state index in [1.165, 1.54) is 42.5 Å². The zero-order chi connectivity index (χ0) is 12.1. The summed E-state index contributed by atoms with van der Waals surface area (Å²) >= 11 is 1.84. The summed E-state index contributed by atoms with van der Waals surface area (Å²) < 4.78 is 0. The molecule has 2 heterocycles. The van der Waals surface area contributed by atoms with Crippen LogP contribution in [0.3, 0.4) is 0 Å². The highest BCUT2D eigenvalue weighted by atomic mass is 32.1. The molecule has 4 heteroatoms. The minimum absolute atomic E-state index is 0.718. The van der Waals surface area contributed by atoms with Gasteiger partial charge in [0.05, 0.1) is 5.39 Å². The molecule has 0 radical (unpaired) electrons. The SMILES string of the molecule is Nc1nc(CC2CC2)nc2sc3c(c12)CCCC3. The molecule has 2 aromatic rings. The van der Waals surface area contributed by atoms with Crippen molar-refractivity contribution in [1.82, 2.24) is 9.97 Å². The van der Waals surface area contributed by atoms with Gasteiger partial charge in [0.1, 0.15) is 16.5 Å². The van der Waals surface area contributed by atoms with E-state index in [1.54, 1.807) is 0 Å². The third-order valence-corrected chi connectivity index (χ3v) is 5.24. The Labute approximate surface area is 110 Å². The van der Waals surface area contributed by atoms with E-state index in [9.17, 15) is 0 Å². The Morgan fingerprint density at radius 2 is 2.00 bits per heavy atom. The van der Waals surface area contributed by atoms with Crippen molar-refractivity contribution in [1.29, 1.82) is 0 Å². The first kappa shape index (κ1) is 10.7. The molecule has 1 saturated carbocycles. The van der Waals surface area contributed by atoms with Crippen LogP contribution in [0.4, 0.5) is 5.82 Å². The minimum atomic E-state index is 0.718. The summed E-state index contributed by atoms with van der Waals surface area (Å²) in [5.74, 6) is 2.49. The second kappa shape index (κ2) is 3.92. The Hall–Kier alpha value is -1.16. The summed E-state index contributed by atoms with van der Waals surface area (Å²) in [6.07, 6.45) is 8.63. The number of thiophene rings is 1. The molecule has 0 spiro atoms. The number of nitrogens with zero attached hydrogens (tertiary/aromatic N) is 2. The molecule has 2 aliphatic rings. The summed E-state index contributed by atoms with van der Waals surface area (Å²) in [6, 6.07) is 0. The first-order valence-corrected chi connectivity index (χ1v) is 7.69. The number of aromatic nitrogens is 2. The zero-order valence-corrected chi connectivity index (χ0v) is 11.2. The largest absolute Gasteiger partial charge is 0.383 e. The molecule has 4 rings (SSSR count). The Morgan fingerprint density at radius 3 is 2.83 bits per heavy atom. The van der Waals surface area contributed by atoms with Crippen molar-refractivity contribution >= 4 is 27.4 Å². The molecule has 0 aliphatic heterocycles. The smallest absolute Gasteiger partial charge is 0.136 e. The highest BCUT2D eigenvalue weighted by Crippen LogP contribution is 2.38. The number of anilines is 1. The first-order valence-electron chi connectivity index (χ1n) is 6.88. The summed E-state index contributed by atoms with van der Waals surface area (Å²) in [6.45, 7) is 0. The van der Waals surface area contributed by atoms with Gasteiger partial charge in [0, 0.05) is 11.3 Å². The minimum Gasteiger partial charge on any atom is -0.383 e. The van der Waals surface area contributed by atoms with E-state index in [4.69, 9.17) is 10.7 Å². The molecule has 3 nitrogen and oxygen atoms in total. The maximum absolute atomic E-state index is 6.18. The Bertz CT molecular complexity index is 613. The van der Waals surface area contributed by atoms with Crippen LogP contribution in [0.1, 0.15) is 41.9 Å². The van der Waals surface area contributed by atoms with Crippen LogP contribution in [0.2, 0.25) is 0 Å². The maximum atomic E-state index is 6.18. The molecule has 2 aliphatic carbocycles. The van der Waals surface area contributed by atoms with Crippen LogP contribution in [-0.4, -0.2) is 9.97 Å². The number of nitrogen functional groups attached to an aromatic ring is 1. The average Bonchev–Trinajstić information content (AvgIpc) is 3.07. The van der Waals surface area contributed by atoms with Gasteiger partial charge in [-0.2, -0.15) is 0 Å². The second-order valence-corrected chi connectivity index (χ2v) is 6.65. The van der Waals surface area contributed by atoms with Crippen LogP contribution in [0.25, 0.3) is 10.2 Å². The molecule has 18 heavy (non-hydrogen) atoms. The van der Waals surface area contributed by atoms with Crippen molar-refractivity contribution in [3.8, 4) is 0 Å². The number of nitrogens with two attached hydrogens (primary N) is 1. The summed E-state index contributed by atoms with van der Waals surface area (Å²) in [5.41, 5.74) is 7.62. The lowest BCUT2D eigenvalue weighted by molar-refractivity contribution is 0.700. The molecule has 0 aromatic carbocycles. The number of hydrogen-bond acceptors (Lipinski definition) is 4. The molecular weight excluding hydrogens is 242 g/mol. The Morgan fingerprint density at radius 1 is 1.17 bits per heavy atom. The van der Waals surface area contributed by atoms with E-state index < -0.39 is 0 Å². The van der Waals surface area contributed by atoms with Crippen LogP contribution < -0.4 is 5.73 Å². The Kier molecular flexibility index (Phi) is 2.34. The van der Waals surface area contributed by atoms with Gasteiger partial charge in [-0.05, 0) is 50.0 Å². The van der Waals surface area contributed by atoms with E-state index in [1.807, 2.05) is 11.3 Å². The highest BCUT2D eigenvalue weighted by molar-refractivity contribution is 7.19. The molecule has 0 bridgehead atoms. The van der Waals surface area contributed by atoms with Crippen molar-refractivity contribution in [2.45, 2.75) is 44.9 Å². The predicted octanol–water partition coefficient (Wildman–Crippen LogP) is 3.10. The number of rotatable bonds is 2. The van der Waals surface area contributed by atoms with E-state index in [0.29, 0.717) is 0 Å². The summed E-state index contributed by atoms with van der Waals surface area (Å²) in [4.78, 5) is 11.9. The number of fused-ring (bicyclic) bond motifs is 3. The third kappa shape index (κ3) is 1.70. The standard InChI is InChI=1S/C14H17N3S/c15-13-12-9-3-1-2-4-10(9)18-14(12)17-11(16-13)7-8-5-6-8/h8H,1-7H2,(H2,15,16,17). The number of hydrogen-bond donors (Lipinski definition) is 1. The van der Waals surface area contributed by atoms with E-state index in [2.05, 4.69) is 4.98 Å². The van der Waals surface area contributed by atoms with Gasteiger partial charge in [-0.1, -0.05) is 0 Å². The van der Waals surface area contributed by atoms with Crippen molar-refractivity contribution in [2.24, 2.45) is 5.92 Å². The van der Waals surface area contributed by atoms with Gasteiger partial charge < -0.3 is 5.73 Å². The third-order valence-electron chi connectivity index (χ3n) is 4.06. The maximum Gasteiger partial charge on any atom is 0.136 e. The molecule has 0 amide bonds. The topological polar surface area (TPSA) is 51.8 Å². The summed E-state index contributed by atoms with van der Waals surface area (Å²) in [7, 11) is 0. The van der Waals surface area contributed by atoms with Crippen molar-refractivity contribution < 1.29 is 0 Å². The normalized spacial score (nSPS) is 19.1. The summed E-state index contributed by atoms with van der Waals surface area (Å²) in [5, 5.41) is 1.16. The van der Waals surface area contributed by atoms with Crippen LogP contribution in [0.15, 0.2) is 0 Å². The fourth-order valence-corrected chi connectivity index (χ4v) is 4.19. The average molecular weight is 259 g/mol. The van der Waals surface area contributed by atoms with Crippen molar-refractivity contribution in [2.75, 3.05) is 5.73 Å². The Balaban J connectivity index is 1.85. The second-order valence-electron chi connectivity index (χ2n) is 5.56. The van der Waals surface area contributed by atoms with Gasteiger partial charge >= 0.3 is 0 Å². The lowest BCUT2D eigenvalue weighted by Crippen LogP contribution is -2.03. The van der Waals surface area contributed by atoms with Gasteiger partial charge in [-0.3, -0.25) is 0 Å². The van der Waals surface area contributed by atoms with Crippen LogP contribution in [0.5, 0.6) is 0 Å². The molecule has 1 fully saturated rings. The first-order chi connectivity index (χ1) is 8.81. The van der Waals surface area contributed by atoms with Crippen LogP contribution in [-0.2, 0) is 19.3 Å². The van der Waals surface area contributed by atoms with Gasteiger partial charge in [0.2, 0.25) is 0 Å². The fourth-order valence-electron chi connectivity index (χ4n) is 2.90. The van der Waals surface area contributed by atoms with Gasteiger partial charge in [-0.15, -0.1) is 11.3 Å². The highest BCUT2D eigenvalue weighted by Gasteiger charge is 2.25.